The topological polar surface area (TPSA) is 47.0 Å². The first-order valence-electron chi connectivity index (χ1n) is 6.49. The van der Waals surface area contributed by atoms with Crippen molar-refractivity contribution in [2.75, 3.05) is 19.0 Å². The molecule has 19 heavy (non-hydrogen) atoms. The summed E-state index contributed by atoms with van der Waals surface area (Å²) in [5.41, 5.74) is 2.11. The van der Waals surface area contributed by atoms with Gasteiger partial charge in [-0.3, -0.25) is 0 Å². The molecule has 1 aromatic carbocycles. The lowest BCUT2D eigenvalue weighted by Gasteiger charge is -2.09. The predicted molar refractivity (Wildman–Crippen MR) is 77.0 cm³/mol. The third-order valence-corrected chi connectivity index (χ3v) is 2.77. The van der Waals surface area contributed by atoms with Crippen LogP contribution in [-0.4, -0.2) is 23.6 Å². The van der Waals surface area contributed by atoms with E-state index in [4.69, 9.17) is 4.74 Å². The molecule has 0 atom stereocenters. The number of ether oxygens (including phenoxy) is 1. The second-order valence-corrected chi connectivity index (χ2v) is 4.28. The maximum absolute atomic E-state index is 5.21. The molecule has 0 saturated carbocycles. The number of hydrogen-bond acceptors (Lipinski definition) is 4. The Morgan fingerprint density at radius 1 is 1.21 bits per heavy atom. The third kappa shape index (κ3) is 3.51. The summed E-state index contributed by atoms with van der Waals surface area (Å²) >= 11 is 0. The van der Waals surface area contributed by atoms with Gasteiger partial charge in [0.1, 0.15) is 5.82 Å². The van der Waals surface area contributed by atoms with Gasteiger partial charge in [-0.05, 0) is 18.1 Å². The van der Waals surface area contributed by atoms with E-state index >= 15 is 0 Å². The average molecular weight is 257 g/mol. The quantitative estimate of drug-likeness (QED) is 0.863. The lowest BCUT2D eigenvalue weighted by molar-refractivity contribution is 0.185. The smallest absolute Gasteiger partial charge is 0.161 e. The monoisotopic (exact) mass is 257 g/mol. The molecule has 1 aromatic heterocycles. The minimum Gasteiger partial charge on any atom is -0.380 e. The highest BCUT2D eigenvalue weighted by molar-refractivity contribution is 5.61. The molecule has 0 bridgehead atoms. The van der Waals surface area contributed by atoms with Crippen LogP contribution in [0, 0.1) is 0 Å². The molecule has 2 rings (SSSR count). The fraction of sp³-hybridized carbons (Fsp3) is 0.333. The molecule has 0 spiro atoms. The molecule has 100 valence electrons. The van der Waals surface area contributed by atoms with E-state index in [1.54, 1.807) is 13.3 Å². The number of aromatic nitrogens is 2. The first-order valence-corrected chi connectivity index (χ1v) is 6.49. The van der Waals surface area contributed by atoms with Crippen LogP contribution in [-0.2, 0) is 11.3 Å². The Kier molecular flexibility index (Phi) is 4.86. The van der Waals surface area contributed by atoms with E-state index in [9.17, 15) is 0 Å². The highest BCUT2D eigenvalue weighted by Crippen LogP contribution is 2.21. The van der Waals surface area contributed by atoms with Gasteiger partial charge in [-0.2, -0.15) is 0 Å². The Labute approximate surface area is 113 Å². The second-order valence-electron chi connectivity index (χ2n) is 4.28. The van der Waals surface area contributed by atoms with Gasteiger partial charge in [0.25, 0.3) is 0 Å². The number of methoxy groups -OCH3 is 1. The molecule has 0 unspecified atom stereocenters. The number of nitrogens with one attached hydrogen (secondary N) is 1. The van der Waals surface area contributed by atoms with Gasteiger partial charge < -0.3 is 10.1 Å². The first kappa shape index (κ1) is 13.5. The molecule has 0 saturated heterocycles. The van der Waals surface area contributed by atoms with Gasteiger partial charge in [-0.25, -0.2) is 9.97 Å². The molecule has 4 nitrogen and oxygen atoms in total. The van der Waals surface area contributed by atoms with Crippen molar-refractivity contribution in [3.8, 4) is 11.4 Å². The van der Waals surface area contributed by atoms with Crippen molar-refractivity contribution in [2.45, 2.75) is 20.0 Å². The van der Waals surface area contributed by atoms with Crippen molar-refractivity contribution in [3.63, 3.8) is 0 Å². The Balaban J connectivity index is 2.30. The fourth-order valence-corrected chi connectivity index (χ4v) is 1.86. The van der Waals surface area contributed by atoms with E-state index in [1.807, 2.05) is 30.3 Å². The van der Waals surface area contributed by atoms with Gasteiger partial charge in [-0.1, -0.05) is 31.2 Å². The van der Waals surface area contributed by atoms with Crippen LogP contribution >= 0.6 is 0 Å². The van der Waals surface area contributed by atoms with Gasteiger partial charge in [0.05, 0.1) is 6.61 Å². The summed E-state index contributed by atoms with van der Waals surface area (Å²) < 4.78 is 5.21. The number of nitrogens with zero attached hydrogens (tertiary/aromatic N) is 2. The van der Waals surface area contributed by atoms with Crippen LogP contribution in [0.2, 0.25) is 0 Å². The molecule has 4 heteroatoms. The lowest BCUT2D eigenvalue weighted by Crippen LogP contribution is -2.03. The van der Waals surface area contributed by atoms with Gasteiger partial charge in [0.2, 0.25) is 0 Å². The van der Waals surface area contributed by atoms with E-state index in [2.05, 4.69) is 22.2 Å². The van der Waals surface area contributed by atoms with Gasteiger partial charge >= 0.3 is 0 Å². The maximum Gasteiger partial charge on any atom is 0.161 e. The summed E-state index contributed by atoms with van der Waals surface area (Å²) in [7, 11) is 1.69. The number of anilines is 1. The summed E-state index contributed by atoms with van der Waals surface area (Å²) in [5.74, 6) is 1.59. The lowest BCUT2D eigenvalue weighted by atomic mass is 10.1. The van der Waals surface area contributed by atoms with Crippen LogP contribution in [0.5, 0.6) is 0 Å². The molecule has 0 aliphatic heterocycles. The average Bonchev–Trinajstić information content (AvgIpc) is 2.46. The summed E-state index contributed by atoms with van der Waals surface area (Å²) in [6, 6.07) is 9.93. The zero-order chi connectivity index (χ0) is 13.5. The Morgan fingerprint density at radius 2 is 2.05 bits per heavy atom. The Morgan fingerprint density at radius 3 is 2.84 bits per heavy atom. The molecule has 0 aliphatic rings. The largest absolute Gasteiger partial charge is 0.380 e. The zero-order valence-corrected chi connectivity index (χ0v) is 11.4. The van der Waals surface area contributed by atoms with Crippen molar-refractivity contribution in [2.24, 2.45) is 0 Å². The van der Waals surface area contributed by atoms with Gasteiger partial charge in [-0.15, -0.1) is 0 Å². The molecule has 1 heterocycles. The third-order valence-electron chi connectivity index (χ3n) is 2.77. The number of hydrogen-bond donors (Lipinski definition) is 1. The summed E-state index contributed by atoms with van der Waals surface area (Å²) in [5, 5.41) is 3.27. The molecule has 0 amide bonds. The van der Waals surface area contributed by atoms with Crippen molar-refractivity contribution >= 4 is 5.82 Å². The van der Waals surface area contributed by atoms with Crippen molar-refractivity contribution in [3.05, 3.63) is 42.1 Å². The van der Waals surface area contributed by atoms with Crippen molar-refractivity contribution < 1.29 is 4.74 Å². The van der Waals surface area contributed by atoms with Crippen LogP contribution < -0.4 is 5.32 Å². The van der Waals surface area contributed by atoms with Crippen molar-refractivity contribution in [1.82, 2.24) is 9.97 Å². The Hall–Kier alpha value is -1.94. The molecule has 2 aromatic rings. The van der Waals surface area contributed by atoms with E-state index in [-0.39, 0.29) is 0 Å². The standard InChI is InChI=1S/C15H19N3O/c1-3-9-16-14-8-10-17-15(18-14)13-7-5-4-6-12(13)11-19-2/h4-8,10H,3,9,11H2,1-2H3,(H,16,17,18). The zero-order valence-electron chi connectivity index (χ0n) is 11.4. The fourth-order valence-electron chi connectivity index (χ4n) is 1.86. The first-order chi connectivity index (χ1) is 9.35. The minimum atomic E-state index is 0.562. The second kappa shape index (κ2) is 6.85. The summed E-state index contributed by atoms with van der Waals surface area (Å²) in [4.78, 5) is 8.90. The molecule has 0 aliphatic carbocycles. The van der Waals surface area contributed by atoms with Crippen molar-refractivity contribution in [1.29, 1.82) is 0 Å². The number of benzene rings is 1. The SMILES string of the molecule is CCCNc1ccnc(-c2ccccc2COC)n1. The Bertz CT molecular complexity index is 528. The highest BCUT2D eigenvalue weighted by Gasteiger charge is 2.07. The summed E-state index contributed by atoms with van der Waals surface area (Å²) in [6.45, 7) is 3.60. The van der Waals surface area contributed by atoms with E-state index in [0.29, 0.717) is 6.61 Å². The molecule has 0 radical (unpaired) electrons. The molecule has 1 N–H and O–H groups in total. The number of rotatable bonds is 6. The predicted octanol–water partition coefficient (Wildman–Crippen LogP) is 3.11. The molecular weight excluding hydrogens is 238 g/mol. The van der Waals surface area contributed by atoms with Crippen LogP contribution in [0.15, 0.2) is 36.5 Å². The minimum absolute atomic E-state index is 0.562. The maximum atomic E-state index is 5.21. The van der Waals surface area contributed by atoms with E-state index in [0.717, 1.165) is 35.7 Å². The van der Waals surface area contributed by atoms with E-state index < -0.39 is 0 Å². The van der Waals surface area contributed by atoms with E-state index in [1.165, 1.54) is 0 Å². The summed E-state index contributed by atoms with van der Waals surface area (Å²) in [6.07, 6.45) is 2.85. The highest BCUT2D eigenvalue weighted by atomic mass is 16.5. The molecule has 0 fully saturated rings. The van der Waals surface area contributed by atoms with Gasteiger partial charge in [0, 0.05) is 25.4 Å². The van der Waals surface area contributed by atoms with Crippen LogP contribution in [0.3, 0.4) is 0 Å². The van der Waals surface area contributed by atoms with Crippen LogP contribution in [0.25, 0.3) is 11.4 Å². The van der Waals surface area contributed by atoms with Crippen LogP contribution in [0.1, 0.15) is 18.9 Å². The van der Waals surface area contributed by atoms with Gasteiger partial charge in [0.15, 0.2) is 5.82 Å². The normalized spacial score (nSPS) is 10.4. The van der Waals surface area contributed by atoms with Crippen LogP contribution in [0.4, 0.5) is 5.82 Å². The molecular formula is C15H19N3O.